The number of hydrogen-bond donors (Lipinski definition) is 1. The topological polar surface area (TPSA) is 49.7 Å². The number of aliphatic hydroxyl groups excluding tert-OH is 1. The number of Topliss-reactive ketones (excluding diaryl/α,β-unsaturated/α-hetero) is 1. The van der Waals surface area contributed by atoms with Crippen LogP contribution in [0, 0.1) is 0 Å². The normalized spacial score (nSPS) is 18.7. The molecule has 116 valence electrons. The van der Waals surface area contributed by atoms with Gasteiger partial charge in [-0.3, -0.25) is 9.79 Å². The molecular formula is C19H16ClNO2. The van der Waals surface area contributed by atoms with Crippen LogP contribution < -0.4 is 0 Å². The number of allylic oxidation sites excluding steroid dienone is 2. The average Bonchev–Trinajstić information content (AvgIpc) is 2.56. The van der Waals surface area contributed by atoms with Gasteiger partial charge in [-0.1, -0.05) is 41.9 Å². The van der Waals surface area contributed by atoms with Gasteiger partial charge in [-0.15, -0.1) is 0 Å². The molecule has 0 saturated heterocycles. The first-order chi connectivity index (χ1) is 11.1. The zero-order chi connectivity index (χ0) is 16.2. The maximum atomic E-state index is 12.3. The fourth-order valence-electron chi connectivity index (χ4n) is 2.68. The Bertz CT molecular complexity index is 764. The summed E-state index contributed by atoms with van der Waals surface area (Å²) in [5.41, 5.74) is 2.06. The second kappa shape index (κ2) is 6.80. The first kappa shape index (κ1) is 15.5. The Balaban J connectivity index is 1.80. The van der Waals surface area contributed by atoms with Crippen LogP contribution in [0.25, 0.3) is 0 Å². The van der Waals surface area contributed by atoms with E-state index < -0.39 is 0 Å². The van der Waals surface area contributed by atoms with Crippen molar-refractivity contribution in [3.63, 3.8) is 0 Å². The van der Waals surface area contributed by atoms with Crippen molar-refractivity contribution in [2.45, 2.75) is 18.8 Å². The highest BCUT2D eigenvalue weighted by Crippen LogP contribution is 2.33. The van der Waals surface area contributed by atoms with E-state index in [2.05, 4.69) is 4.99 Å². The van der Waals surface area contributed by atoms with Gasteiger partial charge in [-0.05, 0) is 35.7 Å². The highest BCUT2D eigenvalue weighted by atomic mass is 35.5. The molecule has 0 spiro atoms. The molecule has 4 heteroatoms. The van der Waals surface area contributed by atoms with Gasteiger partial charge >= 0.3 is 0 Å². The molecule has 0 saturated carbocycles. The van der Waals surface area contributed by atoms with Gasteiger partial charge in [0.2, 0.25) is 0 Å². The van der Waals surface area contributed by atoms with E-state index in [0.717, 1.165) is 5.56 Å². The molecule has 0 fully saturated rings. The highest BCUT2D eigenvalue weighted by Gasteiger charge is 2.27. The molecule has 1 N–H and O–H groups in total. The quantitative estimate of drug-likeness (QED) is 0.807. The average molecular weight is 326 g/mol. The Morgan fingerprint density at radius 1 is 1.04 bits per heavy atom. The summed E-state index contributed by atoms with van der Waals surface area (Å²) in [7, 11) is 0. The third kappa shape index (κ3) is 3.69. The van der Waals surface area contributed by atoms with Crippen molar-refractivity contribution < 1.29 is 9.90 Å². The van der Waals surface area contributed by atoms with Crippen LogP contribution >= 0.6 is 11.6 Å². The molecule has 0 aliphatic heterocycles. The second-order valence-electron chi connectivity index (χ2n) is 5.53. The molecule has 23 heavy (non-hydrogen) atoms. The minimum atomic E-state index is -0.0830. The van der Waals surface area contributed by atoms with Crippen LogP contribution in [0.4, 0.5) is 5.69 Å². The van der Waals surface area contributed by atoms with Gasteiger partial charge in [0.15, 0.2) is 5.78 Å². The lowest BCUT2D eigenvalue weighted by Crippen LogP contribution is -2.19. The molecule has 0 aromatic heterocycles. The lowest BCUT2D eigenvalue weighted by atomic mass is 9.83. The molecule has 2 aromatic carbocycles. The van der Waals surface area contributed by atoms with E-state index in [1.165, 1.54) is 6.21 Å². The molecule has 2 aromatic rings. The first-order valence-corrected chi connectivity index (χ1v) is 7.81. The van der Waals surface area contributed by atoms with Crippen LogP contribution in [0.5, 0.6) is 0 Å². The Labute approximate surface area is 140 Å². The van der Waals surface area contributed by atoms with Crippen LogP contribution in [0.2, 0.25) is 5.02 Å². The van der Waals surface area contributed by atoms with Crippen LogP contribution in [0.15, 0.2) is 70.9 Å². The van der Waals surface area contributed by atoms with Gasteiger partial charge < -0.3 is 5.11 Å². The largest absolute Gasteiger partial charge is 0.511 e. The summed E-state index contributed by atoms with van der Waals surface area (Å²) in [6.45, 7) is 0. The number of benzene rings is 2. The Kier molecular flexibility index (Phi) is 4.58. The predicted octanol–water partition coefficient (Wildman–Crippen LogP) is 5.00. The fraction of sp³-hybridized carbons (Fsp3) is 0.158. The molecule has 0 amide bonds. The van der Waals surface area contributed by atoms with Crippen molar-refractivity contribution in [1.29, 1.82) is 0 Å². The molecular weight excluding hydrogens is 310 g/mol. The van der Waals surface area contributed by atoms with E-state index in [-0.39, 0.29) is 17.5 Å². The van der Waals surface area contributed by atoms with E-state index in [4.69, 9.17) is 11.6 Å². The van der Waals surface area contributed by atoms with Crippen molar-refractivity contribution >= 4 is 29.3 Å². The zero-order valence-electron chi connectivity index (χ0n) is 12.4. The zero-order valence-corrected chi connectivity index (χ0v) is 13.2. The summed E-state index contributed by atoms with van der Waals surface area (Å²) in [4.78, 5) is 16.6. The van der Waals surface area contributed by atoms with Gasteiger partial charge in [0.25, 0.3) is 0 Å². The van der Waals surface area contributed by atoms with Crippen molar-refractivity contribution in [2.24, 2.45) is 4.99 Å². The van der Waals surface area contributed by atoms with Crippen molar-refractivity contribution in [3.8, 4) is 0 Å². The number of halogens is 1. The van der Waals surface area contributed by atoms with Gasteiger partial charge in [0.1, 0.15) is 5.76 Å². The number of nitrogens with zero attached hydrogens (tertiary/aromatic N) is 1. The monoisotopic (exact) mass is 325 g/mol. The molecule has 1 aliphatic carbocycles. The van der Waals surface area contributed by atoms with E-state index in [9.17, 15) is 9.90 Å². The number of aliphatic hydroxyl groups is 1. The summed E-state index contributed by atoms with van der Waals surface area (Å²) in [6, 6.07) is 16.8. The number of aliphatic imine (C=N–C) groups is 1. The van der Waals surface area contributed by atoms with E-state index in [1.54, 1.807) is 24.3 Å². The van der Waals surface area contributed by atoms with Crippen LogP contribution in [0.3, 0.4) is 0 Å². The fourth-order valence-corrected chi connectivity index (χ4v) is 2.81. The van der Waals surface area contributed by atoms with Gasteiger partial charge in [-0.2, -0.15) is 0 Å². The predicted molar refractivity (Wildman–Crippen MR) is 92.7 cm³/mol. The molecule has 0 bridgehead atoms. The first-order valence-electron chi connectivity index (χ1n) is 7.43. The Morgan fingerprint density at radius 2 is 1.74 bits per heavy atom. The van der Waals surface area contributed by atoms with Crippen LogP contribution in [-0.2, 0) is 4.79 Å². The van der Waals surface area contributed by atoms with Gasteiger partial charge in [0, 0.05) is 24.1 Å². The molecule has 0 radical (unpaired) electrons. The number of carbonyl (C=O) groups is 1. The van der Waals surface area contributed by atoms with Crippen molar-refractivity contribution in [1.82, 2.24) is 0 Å². The minimum absolute atomic E-state index is 0.0244. The number of hydrogen-bond acceptors (Lipinski definition) is 3. The molecule has 1 unspecified atom stereocenters. The maximum absolute atomic E-state index is 12.3. The highest BCUT2D eigenvalue weighted by molar-refractivity contribution is 6.30. The number of carbonyl (C=O) groups excluding carboxylic acids is 1. The van der Waals surface area contributed by atoms with Crippen LogP contribution in [0.1, 0.15) is 24.3 Å². The van der Waals surface area contributed by atoms with Crippen molar-refractivity contribution in [3.05, 3.63) is 76.5 Å². The van der Waals surface area contributed by atoms with Gasteiger partial charge in [-0.25, -0.2) is 0 Å². The maximum Gasteiger partial charge on any atom is 0.168 e. The van der Waals surface area contributed by atoms with E-state index in [0.29, 0.717) is 29.1 Å². The second-order valence-corrected chi connectivity index (χ2v) is 5.97. The molecule has 3 nitrogen and oxygen atoms in total. The number of rotatable bonds is 3. The minimum Gasteiger partial charge on any atom is -0.511 e. The third-order valence-corrected chi connectivity index (χ3v) is 4.18. The van der Waals surface area contributed by atoms with E-state index in [1.807, 2.05) is 30.3 Å². The SMILES string of the molecule is O=C1CC(c2ccccc2)CC(O)=C1C=Nc1ccc(Cl)cc1. The lowest BCUT2D eigenvalue weighted by Gasteiger charge is -2.22. The number of ketones is 1. The van der Waals surface area contributed by atoms with E-state index >= 15 is 0 Å². The Hall–Kier alpha value is -2.39. The van der Waals surface area contributed by atoms with Crippen molar-refractivity contribution in [2.75, 3.05) is 0 Å². The lowest BCUT2D eigenvalue weighted by molar-refractivity contribution is -0.116. The smallest absolute Gasteiger partial charge is 0.168 e. The molecule has 1 atom stereocenters. The van der Waals surface area contributed by atoms with Crippen LogP contribution in [-0.4, -0.2) is 17.1 Å². The summed E-state index contributed by atoms with van der Waals surface area (Å²) >= 11 is 5.83. The summed E-state index contributed by atoms with van der Waals surface area (Å²) < 4.78 is 0. The van der Waals surface area contributed by atoms with Gasteiger partial charge in [0.05, 0.1) is 11.3 Å². The third-order valence-electron chi connectivity index (χ3n) is 3.92. The summed E-state index contributed by atoms with van der Waals surface area (Å²) in [6.07, 6.45) is 2.29. The molecule has 3 rings (SSSR count). The standard InChI is InChI=1S/C19H16ClNO2/c20-15-6-8-16(9-7-15)21-12-17-18(22)10-14(11-19(17)23)13-4-2-1-3-5-13/h1-9,12,14,22H,10-11H2. The summed E-state index contributed by atoms with van der Waals surface area (Å²) in [5, 5.41) is 10.9. The molecule has 0 heterocycles. The molecule has 1 aliphatic rings. The Morgan fingerprint density at radius 3 is 2.39 bits per heavy atom. The summed E-state index contributed by atoms with van der Waals surface area (Å²) in [5.74, 6) is 0.0458.